The SMILES string of the molecule is CCOC(=O)C1=C(O)/C(=C/c2cccs2)SC1=NC(=O)c1ccc(C(C)(C)C)cc1. The first-order valence-electron chi connectivity index (χ1n) is 9.48. The Morgan fingerprint density at radius 3 is 2.43 bits per heavy atom. The molecule has 2 aromatic rings. The van der Waals surface area contributed by atoms with Gasteiger partial charge in [-0.2, -0.15) is 0 Å². The number of hydrogen-bond donors (Lipinski definition) is 1. The fourth-order valence-corrected chi connectivity index (χ4v) is 4.50. The molecule has 0 radical (unpaired) electrons. The summed E-state index contributed by atoms with van der Waals surface area (Å²) >= 11 is 2.58. The highest BCUT2D eigenvalue weighted by Gasteiger charge is 2.34. The monoisotopic (exact) mass is 441 g/mol. The smallest absolute Gasteiger partial charge is 0.344 e. The van der Waals surface area contributed by atoms with Crippen LogP contribution in [0.5, 0.6) is 0 Å². The molecule has 156 valence electrons. The Morgan fingerprint density at radius 1 is 1.17 bits per heavy atom. The van der Waals surface area contributed by atoms with E-state index in [1.54, 1.807) is 25.1 Å². The molecule has 1 amide bonds. The number of thiophene rings is 1. The minimum absolute atomic E-state index is 0.0259. The second kappa shape index (κ2) is 9.02. The number of hydrogen-bond acceptors (Lipinski definition) is 6. The number of carbonyl (C=O) groups excluding carboxylic acids is 2. The summed E-state index contributed by atoms with van der Waals surface area (Å²) < 4.78 is 5.06. The van der Waals surface area contributed by atoms with Gasteiger partial charge in [0.05, 0.1) is 11.5 Å². The van der Waals surface area contributed by atoms with Crippen molar-refractivity contribution in [1.82, 2.24) is 0 Å². The van der Waals surface area contributed by atoms with Crippen molar-refractivity contribution < 1.29 is 19.4 Å². The zero-order valence-electron chi connectivity index (χ0n) is 17.3. The van der Waals surface area contributed by atoms with Crippen LogP contribution in [-0.4, -0.2) is 28.6 Å². The van der Waals surface area contributed by atoms with Gasteiger partial charge in [-0.05, 0) is 47.6 Å². The first-order chi connectivity index (χ1) is 14.2. The first kappa shape index (κ1) is 22.1. The van der Waals surface area contributed by atoms with Gasteiger partial charge in [0.2, 0.25) is 0 Å². The van der Waals surface area contributed by atoms with Crippen LogP contribution in [0.4, 0.5) is 0 Å². The molecule has 0 bridgehead atoms. The summed E-state index contributed by atoms with van der Waals surface area (Å²) in [6.45, 7) is 8.12. The molecule has 0 unspecified atom stereocenters. The predicted molar refractivity (Wildman–Crippen MR) is 123 cm³/mol. The second-order valence-electron chi connectivity index (χ2n) is 7.62. The van der Waals surface area contributed by atoms with Crippen molar-refractivity contribution in [3.8, 4) is 0 Å². The number of nitrogens with zero attached hydrogens (tertiary/aromatic N) is 1. The van der Waals surface area contributed by atoms with Crippen LogP contribution in [0.25, 0.3) is 6.08 Å². The van der Waals surface area contributed by atoms with Crippen molar-refractivity contribution in [3.05, 3.63) is 74.0 Å². The summed E-state index contributed by atoms with van der Waals surface area (Å²) in [5.41, 5.74) is 1.41. The fourth-order valence-electron chi connectivity index (χ4n) is 2.76. The molecular formula is C23H23NO4S2. The third-order valence-corrected chi connectivity index (χ3v) is 6.23. The summed E-state index contributed by atoms with van der Waals surface area (Å²) in [5.74, 6) is -1.40. The average molecular weight is 442 g/mol. The molecule has 1 aromatic carbocycles. The van der Waals surface area contributed by atoms with Gasteiger partial charge >= 0.3 is 5.97 Å². The van der Waals surface area contributed by atoms with E-state index in [0.717, 1.165) is 22.2 Å². The number of carbonyl (C=O) groups is 2. The number of thioether (sulfide) groups is 1. The number of ether oxygens (including phenoxy) is 1. The molecule has 0 saturated heterocycles. The highest BCUT2D eigenvalue weighted by Crippen LogP contribution is 2.39. The van der Waals surface area contributed by atoms with Gasteiger partial charge < -0.3 is 9.84 Å². The van der Waals surface area contributed by atoms with E-state index in [4.69, 9.17) is 4.74 Å². The Morgan fingerprint density at radius 2 is 1.87 bits per heavy atom. The number of benzene rings is 1. The number of aliphatic hydroxyl groups excluding tert-OH is 1. The van der Waals surface area contributed by atoms with Crippen LogP contribution in [-0.2, 0) is 14.9 Å². The van der Waals surface area contributed by atoms with Gasteiger partial charge in [-0.25, -0.2) is 9.79 Å². The number of amides is 1. The summed E-state index contributed by atoms with van der Waals surface area (Å²) in [5, 5.41) is 12.7. The molecule has 2 heterocycles. The van der Waals surface area contributed by atoms with Crippen molar-refractivity contribution in [1.29, 1.82) is 0 Å². The molecule has 5 nitrogen and oxygen atoms in total. The Labute approximate surface area is 184 Å². The van der Waals surface area contributed by atoms with E-state index in [1.165, 1.54) is 11.3 Å². The Hall–Kier alpha value is -2.64. The molecule has 0 aliphatic carbocycles. The van der Waals surface area contributed by atoms with Crippen molar-refractivity contribution in [2.24, 2.45) is 4.99 Å². The van der Waals surface area contributed by atoms with Crippen LogP contribution in [0.15, 0.2) is 63.0 Å². The molecule has 0 spiro atoms. The summed E-state index contributed by atoms with van der Waals surface area (Å²) in [7, 11) is 0. The van der Waals surface area contributed by atoms with E-state index in [9.17, 15) is 14.7 Å². The molecule has 1 aliphatic heterocycles. The Bertz CT molecular complexity index is 1040. The lowest BCUT2D eigenvalue weighted by molar-refractivity contribution is -0.138. The minimum Gasteiger partial charge on any atom is -0.506 e. The maximum Gasteiger partial charge on any atom is 0.344 e. The van der Waals surface area contributed by atoms with Crippen LogP contribution >= 0.6 is 23.1 Å². The molecule has 1 N–H and O–H groups in total. The number of rotatable bonds is 4. The molecule has 7 heteroatoms. The lowest BCUT2D eigenvalue weighted by atomic mass is 9.87. The van der Waals surface area contributed by atoms with Gasteiger partial charge in [-0.1, -0.05) is 50.7 Å². The third kappa shape index (κ3) is 4.91. The van der Waals surface area contributed by atoms with E-state index >= 15 is 0 Å². The number of esters is 1. The highest BCUT2D eigenvalue weighted by atomic mass is 32.2. The molecule has 1 aliphatic rings. The molecule has 0 saturated carbocycles. The standard InChI is InChI=1S/C23H23NO4S2/c1-5-28-22(27)18-19(25)17(13-16-7-6-12-29-16)30-21(18)24-20(26)14-8-10-15(11-9-14)23(2,3)4/h6-13,25H,5H2,1-4H3/b17-13-,24-21?. The van der Waals surface area contributed by atoms with Crippen molar-refractivity contribution in [2.45, 2.75) is 33.1 Å². The first-order valence-corrected chi connectivity index (χ1v) is 11.2. The summed E-state index contributed by atoms with van der Waals surface area (Å²) in [4.78, 5) is 30.7. The number of aliphatic imine (C=N–C) groups is 1. The van der Waals surface area contributed by atoms with Crippen molar-refractivity contribution >= 4 is 46.1 Å². The zero-order valence-corrected chi connectivity index (χ0v) is 18.9. The lowest BCUT2D eigenvalue weighted by Gasteiger charge is -2.18. The molecule has 30 heavy (non-hydrogen) atoms. The molecule has 1 aromatic heterocycles. The van der Waals surface area contributed by atoms with Crippen LogP contribution in [0, 0.1) is 0 Å². The van der Waals surface area contributed by atoms with Crippen LogP contribution < -0.4 is 0 Å². The van der Waals surface area contributed by atoms with Gasteiger partial charge in [0.25, 0.3) is 5.91 Å². The Balaban J connectivity index is 1.95. The van der Waals surface area contributed by atoms with Crippen LogP contribution in [0.3, 0.4) is 0 Å². The van der Waals surface area contributed by atoms with Crippen LogP contribution in [0.1, 0.15) is 48.5 Å². The fraction of sp³-hybridized carbons (Fsp3) is 0.261. The maximum absolute atomic E-state index is 12.7. The largest absolute Gasteiger partial charge is 0.506 e. The average Bonchev–Trinajstić information content (AvgIpc) is 3.30. The third-order valence-electron chi connectivity index (χ3n) is 4.39. The normalized spacial score (nSPS) is 17.1. The van der Waals surface area contributed by atoms with E-state index < -0.39 is 11.9 Å². The van der Waals surface area contributed by atoms with Gasteiger partial charge in [-0.15, -0.1) is 11.3 Å². The highest BCUT2D eigenvalue weighted by molar-refractivity contribution is 8.18. The van der Waals surface area contributed by atoms with Gasteiger partial charge in [0, 0.05) is 10.4 Å². The summed E-state index contributed by atoms with van der Waals surface area (Å²) in [6, 6.07) is 11.0. The van der Waals surface area contributed by atoms with Crippen molar-refractivity contribution in [3.63, 3.8) is 0 Å². The Kier molecular flexibility index (Phi) is 6.63. The van der Waals surface area contributed by atoms with E-state index in [1.807, 2.05) is 29.6 Å². The molecular weight excluding hydrogens is 418 g/mol. The summed E-state index contributed by atoms with van der Waals surface area (Å²) in [6.07, 6.45) is 1.76. The lowest BCUT2D eigenvalue weighted by Crippen LogP contribution is -2.14. The van der Waals surface area contributed by atoms with E-state index in [-0.39, 0.29) is 28.4 Å². The van der Waals surface area contributed by atoms with Gasteiger partial charge in [0.1, 0.15) is 16.4 Å². The number of aliphatic hydroxyl groups is 1. The molecule has 3 rings (SSSR count). The molecule has 0 atom stereocenters. The quantitative estimate of drug-likeness (QED) is 0.612. The maximum atomic E-state index is 12.7. The van der Waals surface area contributed by atoms with E-state index in [2.05, 4.69) is 25.8 Å². The second-order valence-corrected chi connectivity index (χ2v) is 9.63. The van der Waals surface area contributed by atoms with Gasteiger partial charge in [0.15, 0.2) is 0 Å². The molecule has 0 fully saturated rings. The van der Waals surface area contributed by atoms with Crippen molar-refractivity contribution in [2.75, 3.05) is 6.61 Å². The predicted octanol–water partition coefficient (Wildman–Crippen LogP) is 5.75. The topological polar surface area (TPSA) is 76.0 Å². The van der Waals surface area contributed by atoms with Crippen LogP contribution in [0.2, 0.25) is 0 Å². The van der Waals surface area contributed by atoms with Gasteiger partial charge in [-0.3, -0.25) is 4.79 Å². The zero-order chi connectivity index (χ0) is 21.9. The van der Waals surface area contributed by atoms with E-state index in [0.29, 0.717) is 10.5 Å². The minimum atomic E-state index is -0.702.